The van der Waals surface area contributed by atoms with E-state index in [1.807, 2.05) is 0 Å². The molecule has 1 atom stereocenters. The van der Waals surface area contributed by atoms with Crippen LogP contribution in [0.3, 0.4) is 0 Å². The van der Waals surface area contributed by atoms with Crippen LogP contribution in [-0.2, 0) is 4.79 Å². The van der Waals surface area contributed by atoms with Gasteiger partial charge in [-0.2, -0.15) is 0 Å². The first-order valence-electron chi connectivity index (χ1n) is 3.83. The predicted molar refractivity (Wildman–Crippen MR) is 50.7 cm³/mol. The lowest BCUT2D eigenvalue weighted by molar-refractivity contribution is -0.122. The summed E-state index contributed by atoms with van der Waals surface area (Å²) in [5.41, 5.74) is 0. The molecule has 0 radical (unpaired) electrons. The third kappa shape index (κ3) is 2.76. The van der Waals surface area contributed by atoms with Crippen molar-refractivity contribution in [2.24, 2.45) is 0 Å². The number of thioether (sulfide) groups is 1. The van der Waals surface area contributed by atoms with Crippen molar-refractivity contribution < 1.29 is 4.79 Å². The zero-order valence-corrected chi connectivity index (χ0v) is 7.83. The Balaban J connectivity index is 2.21. The van der Waals surface area contributed by atoms with Gasteiger partial charge < -0.3 is 5.32 Å². The molecule has 1 fully saturated rings. The molecule has 1 rings (SSSR count). The standard InChI is InChI=1S/C8H12N2OS/c1-2-3-4-9-8(11)7-5-12-6-10-7/h7,10H,4-6H2,1H3,(H,9,11). The van der Waals surface area contributed by atoms with Crippen LogP contribution in [0.2, 0.25) is 0 Å². The SMILES string of the molecule is CC#CCNC(=O)C1CSCN1. The molecule has 0 bridgehead atoms. The minimum Gasteiger partial charge on any atom is -0.344 e. The van der Waals surface area contributed by atoms with E-state index >= 15 is 0 Å². The summed E-state index contributed by atoms with van der Waals surface area (Å²) in [5.74, 6) is 7.31. The summed E-state index contributed by atoms with van der Waals surface area (Å²) in [6, 6.07) is -0.0198. The summed E-state index contributed by atoms with van der Waals surface area (Å²) >= 11 is 1.74. The third-order valence-corrected chi connectivity index (χ3v) is 2.50. The van der Waals surface area contributed by atoms with E-state index in [0.29, 0.717) is 6.54 Å². The molecule has 66 valence electrons. The highest BCUT2D eigenvalue weighted by Crippen LogP contribution is 2.08. The fraction of sp³-hybridized carbons (Fsp3) is 0.625. The number of hydrogen-bond acceptors (Lipinski definition) is 3. The lowest BCUT2D eigenvalue weighted by Crippen LogP contribution is -2.42. The van der Waals surface area contributed by atoms with Crippen LogP contribution in [0.5, 0.6) is 0 Å². The second kappa shape index (κ2) is 5.07. The van der Waals surface area contributed by atoms with Gasteiger partial charge in [0, 0.05) is 11.6 Å². The molecule has 1 heterocycles. The van der Waals surface area contributed by atoms with Crippen molar-refractivity contribution in [1.29, 1.82) is 0 Å². The van der Waals surface area contributed by atoms with Crippen LogP contribution in [0.4, 0.5) is 0 Å². The minimum atomic E-state index is -0.0198. The lowest BCUT2D eigenvalue weighted by atomic mass is 10.3. The number of amides is 1. The first kappa shape index (κ1) is 9.43. The quantitative estimate of drug-likeness (QED) is 0.583. The zero-order valence-electron chi connectivity index (χ0n) is 7.02. The van der Waals surface area contributed by atoms with Crippen LogP contribution in [0.1, 0.15) is 6.92 Å². The number of carbonyl (C=O) groups excluding carboxylic acids is 1. The van der Waals surface area contributed by atoms with Gasteiger partial charge in [-0.25, -0.2) is 0 Å². The molecule has 0 saturated carbocycles. The van der Waals surface area contributed by atoms with E-state index in [1.165, 1.54) is 0 Å². The van der Waals surface area contributed by atoms with Crippen molar-refractivity contribution in [1.82, 2.24) is 10.6 Å². The molecular weight excluding hydrogens is 172 g/mol. The average Bonchev–Trinajstić information content (AvgIpc) is 2.56. The van der Waals surface area contributed by atoms with E-state index in [2.05, 4.69) is 22.5 Å². The normalized spacial score (nSPS) is 21.2. The first-order chi connectivity index (χ1) is 5.84. The smallest absolute Gasteiger partial charge is 0.238 e. The van der Waals surface area contributed by atoms with E-state index in [4.69, 9.17) is 0 Å². The fourth-order valence-electron chi connectivity index (χ4n) is 0.907. The van der Waals surface area contributed by atoms with Gasteiger partial charge in [0.1, 0.15) is 0 Å². The highest BCUT2D eigenvalue weighted by molar-refractivity contribution is 7.99. The van der Waals surface area contributed by atoms with E-state index in [0.717, 1.165) is 11.6 Å². The topological polar surface area (TPSA) is 41.1 Å². The Morgan fingerprint density at radius 3 is 3.25 bits per heavy atom. The molecule has 1 aliphatic heterocycles. The van der Waals surface area contributed by atoms with Crippen molar-refractivity contribution in [3.8, 4) is 11.8 Å². The highest BCUT2D eigenvalue weighted by atomic mass is 32.2. The molecule has 1 saturated heterocycles. The summed E-state index contributed by atoms with van der Waals surface area (Å²) in [5, 5.41) is 5.82. The van der Waals surface area contributed by atoms with E-state index < -0.39 is 0 Å². The number of nitrogens with one attached hydrogen (secondary N) is 2. The molecule has 1 unspecified atom stereocenters. The lowest BCUT2D eigenvalue weighted by Gasteiger charge is -2.07. The maximum atomic E-state index is 11.3. The van der Waals surface area contributed by atoms with E-state index in [1.54, 1.807) is 18.7 Å². The number of rotatable bonds is 2. The molecule has 1 amide bonds. The Morgan fingerprint density at radius 1 is 1.83 bits per heavy atom. The van der Waals surface area contributed by atoms with Gasteiger partial charge >= 0.3 is 0 Å². The molecule has 2 N–H and O–H groups in total. The Labute approximate surface area is 76.7 Å². The fourth-order valence-corrected chi connectivity index (χ4v) is 1.85. The van der Waals surface area contributed by atoms with Gasteiger partial charge in [-0.1, -0.05) is 5.92 Å². The Bertz CT molecular complexity index is 213. The van der Waals surface area contributed by atoms with Gasteiger partial charge in [0.25, 0.3) is 0 Å². The summed E-state index contributed by atoms with van der Waals surface area (Å²) in [6.07, 6.45) is 0. The molecular formula is C8H12N2OS. The summed E-state index contributed by atoms with van der Waals surface area (Å²) in [6.45, 7) is 2.22. The molecule has 0 aromatic rings. The van der Waals surface area contributed by atoms with Crippen LogP contribution in [0.25, 0.3) is 0 Å². The maximum Gasteiger partial charge on any atom is 0.238 e. The highest BCUT2D eigenvalue weighted by Gasteiger charge is 2.21. The molecule has 3 nitrogen and oxygen atoms in total. The molecule has 12 heavy (non-hydrogen) atoms. The summed E-state index contributed by atoms with van der Waals surface area (Å²) < 4.78 is 0. The summed E-state index contributed by atoms with van der Waals surface area (Å²) in [7, 11) is 0. The molecule has 1 aliphatic rings. The van der Waals surface area contributed by atoms with Crippen molar-refractivity contribution in [3.05, 3.63) is 0 Å². The van der Waals surface area contributed by atoms with Crippen LogP contribution >= 0.6 is 11.8 Å². The molecule has 0 aromatic carbocycles. The maximum absolute atomic E-state index is 11.3. The van der Waals surface area contributed by atoms with E-state index in [-0.39, 0.29) is 11.9 Å². The van der Waals surface area contributed by atoms with Crippen molar-refractivity contribution in [2.75, 3.05) is 18.2 Å². The third-order valence-electron chi connectivity index (χ3n) is 1.56. The predicted octanol–water partition coefficient (Wildman–Crippen LogP) is -0.212. The Hall–Kier alpha value is -0.660. The minimum absolute atomic E-state index is 0.0198. The van der Waals surface area contributed by atoms with Crippen LogP contribution in [-0.4, -0.2) is 30.1 Å². The largest absolute Gasteiger partial charge is 0.344 e. The van der Waals surface area contributed by atoms with Crippen LogP contribution < -0.4 is 10.6 Å². The van der Waals surface area contributed by atoms with Gasteiger partial charge in [0.15, 0.2) is 0 Å². The van der Waals surface area contributed by atoms with Gasteiger partial charge in [0.2, 0.25) is 5.91 Å². The second-order valence-electron chi connectivity index (χ2n) is 2.42. The Morgan fingerprint density at radius 2 is 2.67 bits per heavy atom. The van der Waals surface area contributed by atoms with Crippen molar-refractivity contribution in [3.63, 3.8) is 0 Å². The van der Waals surface area contributed by atoms with Crippen LogP contribution in [0, 0.1) is 11.8 Å². The Kier molecular flexibility index (Phi) is 3.98. The number of carbonyl (C=O) groups is 1. The monoisotopic (exact) mass is 184 g/mol. The molecule has 0 aromatic heterocycles. The van der Waals surface area contributed by atoms with Crippen LogP contribution in [0.15, 0.2) is 0 Å². The van der Waals surface area contributed by atoms with Crippen molar-refractivity contribution in [2.45, 2.75) is 13.0 Å². The molecule has 4 heteroatoms. The van der Waals surface area contributed by atoms with E-state index in [9.17, 15) is 4.79 Å². The van der Waals surface area contributed by atoms with Gasteiger partial charge in [0.05, 0.1) is 12.6 Å². The van der Waals surface area contributed by atoms with Gasteiger partial charge in [-0.05, 0) is 6.92 Å². The zero-order chi connectivity index (χ0) is 8.81. The number of hydrogen-bond donors (Lipinski definition) is 2. The summed E-state index contributed by atoms with van der Waals surface area (Å²) in [4.78, 5) is 11.3. The first-order valence-corrected chi connectivity index (χ1v) is 4.98. The van der Waals surface area contributed by atoms with Gasteiger partial charge in [-0.15, -0.1) is 17.7 Å². The molecule has 0 spiro atoms. The van der Waals surface area contributed by atoms with Gasteiger partial charge in [-0.3, -0.25) is 10.1 Å². The second-order valence-corrected chi connectivity index (χ2v) is 3.45. The molecule has 0 aliphatic carbocycles. The average molecular weight is 184 g/mol. The van der Waals surface area contributed by atoms with Crippen molar-refractivity contribution >= 4 is 17.7 Å².